The molecule has 2 aromatic carbocycles. The molecule has 202 valence electrons. The number of nitrogens with one attached hydrogen (secondary N) is 1. The minimum atomic E-state index is -4.26. The van der Waals surface area contributed by atoms with E-state index in [1.54, 1.807) is 12.1 Å². The number of ether oxygens (including phenoxy) is 3. The maximum atomic E-state index is 13.3. The number of aliphatic hydroxyl groups is 1. The topological polar surface area (TPSA) is 77.0 Å². The smallest absolute Gasteiger partial charge is 0.391 e. The van der Waals surface area contributed by atoms with Crippen LogP contribution in [0.1, 0.15) is 58.6 Å². The second-order valence-corrected chi connectivity index (χ2v) is 10.1. The van der Waals surface area contributed by atoms with Crippen molar-refractivity contribution in [1.29, 1.82) is 0 Å². The lowest BCUT2D eigenvalue weighted by Crippen LogP contribution is -2.55. The molecule has 4 rings (SSSR count). The van der Waals surface area contributed by atoms with Crippen LogP contribution in [-0.4, -0.2) is 55.9 Å². The third-order valence-corrected chi connectivity index (χ3v) is 7.34. The van der Waals surface area contributed by atoms with Gasteiger partial charge in [0.25, 0.3) is 5.91 Å². The molecule has 1 aliphatic carbocycles. The quantitative estimate of drug-likeness (QED) is 0.434. The molecule has 0 unspecified atom stereocenters. The van der Waals surface area contributed by atoms with Crippen molar-refractivity contribution in [3.8, 4) is 5.75 Å². The highest BCUT2D eigenvalue weighted by Gasteiger charge is 2.46. The predicted molar refractivity (Wildman–Crippen MR) is 132 cm³/mol. The summed E-state index contributed by atoms with van der Waals surface area (Å²) in [6.07, 6.45) is -3.54. The lowest BCUT2D eigenvalue weighted by molar-refractivity contribution is -0.187. The van der Waals surface area contributed by atoms with Crippen LogP contribution in [-0.2, 0) is 15.9 Å². The second kappa shape index (κ2) is 11.8. The van der Waals surface area contributed by atoms with Crippen LogP contribution in [0.2, 0.25) is 0 Å². The number of aryl methyl sites for hydroxylation is 1. The van der Waals surface area contributed by atoms with Crippen molar-refractivity contribution in [2.24, 2.45) is 5.92 Å². The molecule has 0 atom stereocenters. The molecule has 0 aromatic heterocycles. The van der Waals surface area contributed by atoms with E-state index in [4.69, 9.17) is 19.3 Å². The van der Waals surface area contributed by atoms with Crippen LogP contribution in [0, 0.1) is 12.8 Å². The molecule has 1 aliphatic heterocycles. The van der Waals surface area contributed by atoms with Gasteiger partial charge < -0.3 is 24.6 Å². The minimum Gasteiger partial charge on any atom is -0.493 e. The van der Waals surface area contributed by atoms with Crippen molar-refractivity contribution < 1.29 is 37.3 Å². The molecule has 0 spiro atoms. The Morgan fingerprint density at radius 3 is 2.54 bits per heavy atom. The van der Waals surface area contributed by atoms with Gasteiger partial charge in [-0.25, -0.2) is 0 Å². The normalized spacial score (nSPS) is 22.4. The number of halogens is 3. The van der Waals surface area contributed by atoms with Gasteiger partial charge in [-0.2, -0.15) is 13.2 Å². The number of hydrogen-bond acceptors (Lipinski definition) is 5. The van der Waals surface area contributed by atoms with Gasteiger partial charge in [0.05, 0.1) is 37.9 Å². The Kier molecular flexibility index (Phi) is 8.77. The standard InChI is InChI=1S/C28H34F3NO5/c1-19-3-2-4-20(13-19)9-12-37-25-14-21(5-6-24(25)22-15-35-16-22)26(34)32-27(17-36-18-33)10-7-23(8-11-27)28(29,30)31/h2-6,13-14,22-23,33H,7-12,15-18H2,1H3,(H,32,34). The van der Waals surface area contributed by atoms with Gasteiger partial charge in [-0.1, -0.05) is 35.9 Å². The van der Waals surface area contributed by atoms with Crippen LogP contribution in [0.25, 0.3) is 0 Å². The van der Waals surface area contributed by atoms with Crippen LogP contribution in [0.5, 0.6) is 5.75 Å². The first-order valence-corrected chi connectivity index (χ1v) is 12.7. The van der Waals surface area contributed by atoms with E-state index in [1.807, 2.05) is 31.2 Å². The number of carbonyl (C=O) groups is 1. The SMILES string of the molecule is Cc1cccc(CCOc2cc(C(=O)NC3(COCO)CCC(C(F)(F)F)CC3)ccc2C2COC2)c1. The number of benzene rings is 2. The summed E-state index contributed by atoms with van der Waals surface area (Å²) < 4.78 is 56.2. The number of rotatable bonds is 10. The van der Waals surface area contributed by atoms with Crippen molar-refractivity contribution in [3.63, 3.8) is 0 Å². The van der Waals surface area contributed by atoms with E-state index < -0.39 is 30.3 Å². The summed E-state index contributed by atoms with van der Waals surface area (Å²) >= 11 is 0. The Hall–Kier alpha value is -2.62. The van der Waals surface area contributed by atoms with Gasteiger partial charge in [0.2, 0.25) is 0 Å². The molecular weight excluding hydrogens is 487 g/mol. The second-order valence-electron chi connectivity index (χ2n) is 10.1. The highest BCUT2D eigenvalue weighted by molar-refractivity contribution is 5.95. The Bertz CT molecular complexity index is 1060. The monoisotopic (exact) mass is 521 g/mol. The lowest BCUT2D eigenvalue weighted by atomic mass is 9.76. The fourth-order valence-electron chi connectivity index (χ4n) is 5.06. The molecule has 1 saturated carbocycles. The van der Waals surface area contributed by atoms with E-state index in [0.29, 0.717) is 37.6 Å². The summed E-state index contributed by atoms with van der Waals surface area (Å²) in [6, 6.07) is 13.5. The van der Waals surface area contributed by atoms with E-state index >= 15 is 0 Å². The largest absolute Gasteiger partial charge is 0.493 e. The maximum absolute atomic E-state index is 13.3. The molecule has 1 heterocycles. The molecular formula is C28H34F3NO5. The Labute approximate surface area is 215 Å². The molecule has 9 heteroatoms. The molecule has 2 fully saturated rings. The average Bonchev–Trinajstić information content (AvgIpc) is 2.82. The predicted octanol–water partition coefficient (Wildman–Crippen LogP) is 4.92. The van der Waals surface area contributed by atoms with Crippen molar-refractivity contribution in [1.82, 2.24) is 5.32 Å². The summed E-state index contributed by atoms with van der Waals surface area (Å²) in [4.78, 5) is 13.3. The van der Waals surface area contributed by atoms with Gasteiger partial charge in [-0.05, 0) is 50.3 Å². The Morgan fingerprint density at radius 2 is 1.92 bits per heavy atom. The van der Waals surface area contributed by atoms with E-state index in [0.717, 1.165) is 11.1 Å². The van der Waals surface area contributed by atoms with E-state index in [9.17, 15) is 18.0 Å². The number of aliphatic hydroxyl groups excluding tert-OH is 1. The molecule has 2 aromatic rings. The van der Waals surface area contributed by atoms with Crippen molar-refractivity contribution >= 4 is 5.91 Å². The summed E-state index contributed by atoms with van der Waals surface area (Å²) in [5.41, 5.74) is 2.68. The van der Waals surface area contributed by atoms with Gasteiger partial charge in [0, 0.05) is 23.5 Å². The van der Waals surface area contributed by atoms with Gasteiger partial charge in [-0.15, -0.1) is 0 Å². The fraction of sp³-hybridized carbons (Fsp3) is 0.536. The van der Waals surface area contributed by atoms with Crippen molar-refractivity contribution in [2.45, 2.75) is 56.7 Å². The third-order valence-electron chi connectivity index (χ3n) is 7.34. The van der Waals surface area contributed by atoms with Crippen LogP contribution in [0.15, 0.2) is 42.5 Å². The summed E-state index contributed by atoms with van der Waals surface area (Å²) in [7, 11) is 0. The van der Waals surface area contributed by atoms with Crippen LogP contribution in [0.4, 0.5) is 13.2 Å². The summed E-state index contributed by atoms with van der Waals surface area (Å²) in [6.45, 7) is 3.01. The number of amides is 1. The fourth-order valence-corrected chi connectivity index (χ4v) is 5.06. The molecule has 0 bridgehead atoms. The Balaban J connectivity index is 1.47. The van der Waals surface area contributed by atoms with Gasteiger partial charge in [0.1, 0.15) is 12.5 Å². The van der Waals surface area contributed by atoms with E-state index in [-0.39, 0.29) is 38.2 Å². The van der Waals surface area contributed by atoms with Crippen molar-refractivity contribution in [3.05, 3.63) is 64.7 Å². The maximum Gasteiger partial charge on any atom is 0.391 e. The zero-order valence-corrected chi connectivity index (χ0v) is 21.0. The zero-order chi connectivity index (χ0) is 26.5. The summed E-state index contributed by atoms with van der Waals surface area (Å²) in [5.74, 6) is -1.01. The minimum absolute atomic E-state index is 0.0584. The number of hydrogen-bond donors (Lipinski definition) is 2. The number of alkyl halides is 3. The Morgan fingerprint density at radius 1 is 1.16 bits per heavy atom. The third kappa shape index (κ3) is 7.03. The highest BCUT2D eigenvalue weighted by atomic mass is 19.4. The van der Waals surface area contributed by atoms with Gasteiger partial charge >= 0.3 is 6.18 Å². The average molecular weight is 522 g/mol. The molecule has 1 amide bonds. The van der Waals surface area contributed by atoms with Gasteiger partial charge in [-0.3, -0.25) is 4.79 Å². The zero-order valence-electron chi connectivity index (χ0n) is 21.0. The van der Waals surface area contributed by atoms with Crippen LogP contribution < -0.4 is 10.1 Å². The molecule has 37 heavy (non-hydrogen) atoms. The van der Waals surface area contributed by atoms with E-state index in [1.165, 1.54) is 5.56 Å². The highest BCUT2D eigenvalue weighted by Crippen LogP contribution is 2.41. The summed E-state index contributed by atoms with van der Waals surface area (Å²) in [5, 5.41) is 12.1. The molecule has 2 N–H and O–H groups in total. The molecule has 6 nitrogen and oxygen atoms in total. The first-order chi connectivity index (χ1) is 17.7. The lowest BCUT2D eigenvalue weighted by Gasteiger charge is -2.41. The van der Waals surface area contributed by atoms with Crippen molar-refractivity contribution in [2.75, 3.05) is 33.2 Å². The molecule has 2 aliphatic rings. The first-order valence-electron chi connectivity index (χ1n) is 12.7. The van der Waals surface area contributed by atoms with Crippen LogP contribution >= 0.6 is 0 Å². The molecule has 0 radical (unpaired) electrons. The van der Waals surface area contributed by atoms with E-state index in [2.05, 4.69) is 11.4 Å². The molecule has 1 saturated heterocycles. The van der Waals surface area contributed by atoms with Gasteiger partial charge in [0.15, 0.2) is 0 Å². The van der Waals surface area contributed by atoms with Crippen LogP contribution in [0.3, 0.4) is 0 Å². The first kappa shape index (κ1) is 27.4. The number of carbonyl (C=O) groups excluding carboxylic acids is 1.